The fourth-order valence-electron chi connectivity index (χ4n) is 4.49. The van der Waals surface area contributed by atoms with Crippen LogP contribution in [0.5, 0.6) is 0 Å². The molecule has 1 aromatic rings. The number of likely N-dealkylation sites (tertiary alicyclic amines) is 1. The molecule has 0 bridgehead atoms. The third-order valence-electron chi connectivity index (χ3n) is 5.99. The lowest BCUT2D eigenvalue weighted by Gasteiger charge is -2.37. The zero-order chi connectivity index (χ0) is 17.1. The van der Waals surface area contributed by atoms with Crippen LogP contribution in [0.4, 0.5) is 0 Å². The molecule has 1 amide bonds. The maximum Gasteiger partial charge on any atom is 0.226 e. The first kappa shape index (κ1) is 17.0. The summed E-state index contributed by atoms with van der Waals surface area (Å²) in [5.74, 6) is 0.463. The van der Waals surface area contributed by atoms with Crippen molar-refractivity contribution >= 4 is 5.91 Å². The highest BCUT2D eigenvalue weighted by Gasteiger charge is 2.33. The van der Waals surface area contributed by atoms with Gasteiger partial charge in [-0.2, -0.15) is 5.10 Å². The van der Waals surface area contributed by atoms with Gasteiger partial charge in [0.1, 0.15) is 0 Å². The Kier molecular flexibility index (Phi) is 5.36. The Hall–Kier alpha value is -1.40. The fourth-order valence-corrected chi connectivity index (χ4v) is 4.49. The van der Waals surface area contributed by atoms with Gasteiger partial charge in [-0.05, 0) is 51.3 Å². The smallest absolute Gasteiger partial charge is 0.226 e. The second-order valence-electron chi connectivity index (χ2n) is 7.72. The van der Waals surface area contributed by atoms with E-state index in [-0.39, 0.29) is 5.92 Å². The number of hydrogen-bond acceptors (Lipinski definition) is 4. The van der Waals surface area contributed by atoms with Crippen LogP contribution in [0.3, 0.4) is 0 Å². The summed E-state index contributed by atoms with van der Waals surface area (Å²) in [6, 6.07) is 2.38. The van der Waals surface area contributed by atoms with E-state index in [0.717, 1.165) is 45.6 Å². The Morgan fingerprint density at radius 2 is 2.00 bits per heavy atom. The van der Waals surface area contributed by atoms with Gasteiger partial charge in [-0.15, -0.1) is 0 Å². The number of aromatic nitrogens is 2. The average Bonchev–Trinajstić information content (AvgIpc) is 3.16. The molecule has 3 aliphatic rings. The second-order valence-corrected chi connectivity index (χ2v) is 7.72. The number of hydrogen-bond donors (Lipinski definition) is 0. The van der Waals surface area contributed by atoms with Gasteiger partial charge in [0.25, 0.3) is 0 Å². The first-order valence-electron chi connectivity index (χ1n) is 9.92. The predicted molar refractivity (Wildman–Crippen MR) is 95.1 cm³/mol. The standard InChI is InChI=1S/C19H30N4O2/c24-19(16-6-12-25-13-7-16)22-14-17-4-8-20-23(17)18(15-22)5-11-21-9-2-1-3-10-21/h4,8,16,18H,1-3,5-7,9-15H2/t18-/m0/s1. The highest BCUT2D eigenvalue weighted by Crippen LogP contribution is 2.27. The molecule has 6 nitrogen and oxygen atoms in total. The summed E-state index contributed by atoms with van der Waals surface area (Å²) >= 11 is 0. The topological polar surface area (TPSA) is 50.6 Å². The second kappa shape index (κ2) is 7.87. The maximum atomic E-state index is 13.0. The van der Waals surface area contributed by atoms with Gasteiger partial charge >= 0.3 is 0 Å². The number of ether oxygens (including phenoxy) is 1. The zero-order valence-electron chi connectivity index (χ0n) is 15.1. The summed E-state index contributed by atoms with van der Waals surface area (Å²) < 4.78 is 7.58. The number of amides is 1. The Labute approximate surface area is 150 Å². The minimum atomic E-state index is 0.144. The van der Waals surface area contributed by atoms with Crippen LogP contribution >= 0.6 is 0 Å². The molecule has 0 N–H and O–H groups in total. The number of piperidine rings is 1. The molecule has 2 saturated heterocycles. The van der Waals surface area contributed by atoms with Gasteiger partial charge in [0.05, 0.1) is 18.3 Å². The van der Waals surface area contributed by atoms with E-state index in [1.165, 1.54) is 38.0 Å². The Bertz CT molecular complexity index is 576. The van der Waals surface area contributed by atoms with E-state index in [9.17, 15) is 4.79 Å². The third kappa shape index (κ3) is 3.90. The summed E-state index contributed by atoms with van der Waals surface area (Å²) in [5.41, 5.74) is 1.18. The molecule has 6 heteroatoms. The van der Waals surface area contributed by atoms with Crippen LogP contribution in [0, 0.1) is 5.92 Å². The van der Waals surface area contributed by atoms with Gasteiger partial charge in [0.2, 0.25) is 5.91 Å². The molecular weight excluding hydrogens is 316 g/mol. The van der Waals surface area contributed by atoms with Crippen molar-refractivity contribution in [2.45, 2.75) is 51.1 Å². The van der Waals surface area contributed by atoms with Crippen LogP contribution in [-0.4, -0.2) is 64.9 Å². The molecule has 0 unspecified atom stereocenters. The van der Waals surface area contributed by atoms with Crippen molar-refractivity contribution in [2.75, 3.05) is 39.4 Å². The Balaban J connectivity index is 1.41. The molecule has 3 aliphatic heterocycles. The predicted octanol–water partition coefficient (Wildman–Crippen LogP) is 2.07. The first-order chi connectivity index (χ1) is 12.3. The summed E-state index contributed by atoms with van der Waals surface area (Å²) in [4.78, 5) is 17.6. The van der Waals surface area contributed by atoms with Crippen molar-refractivity contribution in [1.29, 1.82) is 0 Å². The average molecular weight is 346 g/mol. The van der Waals surface area contributed by atoms with Gasteiger partial charge in [0.15, 0.2) is 0 Å². The van der Waals surface area contributed by atoms with Crippen molar-refractivity contribution in [3.8, 4) is 0 Å². The molecule has 25 heavy (non-hydrogen) atoms. The van der Waals surface area contributed by atoms with Gasteiger partial charge in [0, 0.05) is 38.4 Å². The van der Waals surface area contributed by atoms with Crippen molar-refractivity contribution in [3.63, 3.8) is 0 Å². The maximum absolute atomic E-state index is 13.0. The molecule has 0 aliphatic carbocycles. The van der Waals surface area contributed by atoms with E-state index < -0.39 is 0 Å². The molecule has 4 rings (SSSR count). The van der Waals surface area contributed by atoms with E-state index in [4.69, 9.17) is 4.74 Å². The lowest BCUT2D eigenvalue weighted by Crippen LogP contribution is -2.45. The summed E-state index contributed by atoms with van der Waals surface area (Å²) in [6.07, 6.45) is 8.71. The molecule has 0 radical (unpaired) electrons. The Morgan fingerprint density at radius 3 is 2.80 bits per heavy atom. The van der Waals surface area contributed by atoms with Crippen molar-refractivity contribution in [1.82, 2.24) is 19.6 Å². The number of fused-ring (bicyclic) bond motifs is 1. The van der Waals surface area contributed by atoms with Crippen LogP contribution in [-0.2, 0) is 16.1 Å². The normalized spacial score (nSPS) is 25.8. The van der Waals surface area contributed by atoms with Crippen LogP contribution in [0.15, 0.2) is 12.3 Å². The highest BCUT2D eigenvalue weighted by atomic mass is 16.5. The van der Waals surface area contributed by atoms with Crippen molar-refractivity contribution in [2.24, 2.45) is 5.92 Å². The highest BCUT2D eigenvalue weighted by molar-refractivity contribution is 5.79. The lowest BCUT2D eigenvalue weighted by atomic mass is 9.97. The van der Waals surface area contributed by atoms with Crippen molar-refractivity contribution < 1.29 is 9.53 Å². The van der Waals surface area contributed by atoms with E-state index >= 15 is 0 Å². The lowest BCUT2D eigenvalue weighted by molar-refractivity contribution is -0.140. The fraction of sp³-hybridized carbons (Fsp3) is 0.789. The molecule has 0 aromatic carbocycles. The minimum Gasteiger partial charge on any atom is -0.381 e. The molecule has 1 atom stereocenters. The number of rotatable bonds is 4. The monoisotopic (exact) mass is 346 g/mol. The van der Waals surface area contributed by atoms with E-state index in [1.807, 2.05) is 6.20 Å². The summed E-state index contributed by atoms with van der Waals surface area (Å²) in [5, 5.41) is 4.55. The van der Waals surface area contributed by atoms with Gasteiger partial charge < -0.3 is 14.5 Å². The first-order valence-corrected chi connectivity index (χ1v) is 9.92. The largest absolute Gasteiger partial charge is 0.381 e. The van der Waals surface area contributed by atoms with Crippen LogP contribution in [0.2, 0.25) is 0 Å². The van der Waals surface area contributed by atoms with E-state index in [0.29, 0.717) is 18.5 Å². The van der Waals surface area contributed by atoms with Gasteiger partial charge in [-0.25, -0.2) is 0 Å². The number of carbonyl (C=O) groups excluding carboxylic acids is 1. The van der Waals surface area contributed by atoms with Crippen LogP contribution in [0.1, 0.15) is 50.3 Å². The summed E-state index contributed by atoms with van der Waals surface area (Å²) in [7, 11) is 0. The molecular formula is C19H30N4O2. The molecule has 4 heterocycles. The molecule has 1 aromatic heterocycles. The van der Waals surface area contributed by atoms with Gasteiger partial charge in [-0.1, -0.05) is 6.42 Å². The molecule has 138 valence electrons. The number of carbonyl (C=O) groups is 1. The number of nitrogens with zero attached hydrogens (tertiary/aromatic N) is 4. The molecule has 2 fully saturated rings. The molecule has 0 saturated carbocycles. The van der Waals surface area contributed by atoms with E-state index in [1.54, 1.807) is 0 Å². The molecule has 0 spiro atoms. The van der Waals surface area contributed by atoms with Crippen molar-refractivity contribution in [3.05, 3.63) is 18.0 Å². The summed E-state index contributed by atoms with van der Waals surface area (Å²) in [6.45, 7) is 6.52. The minimum absolute atomic E-state index is 0.144. The van der Waals surface area contributed by atoms with E-state index in [2.05, 4.69) is 25.6 Å². The van der Waals surface area contributed by atoms with Gasteiger partial charge in [-0.3, -0.25) is 9.48 Å². The Morgan fingerprint density at radius 1 is 1.20 bits per heavy atom. The van der Waals surface area contributed by atoms with Crippen LogP contribution < -0.4 is 0 Å². The SMILES string of the molecule is O=C(C1CCOCC1)N1Cc2ccnn2[C@@H](CCN2CCCCC2)C1. The quantitative estimate of drug-likeness (QED) is 0.837. The third-order valence-corrected chi connectivity index (χ3v) is 5.99. The van der Waals surface area contributed by atoms with Crippen LogP contribution in [0.25, 0.3) is 0 Å². The zero-order valence-corrected chi connectivity index (χ0v) is 15.1.